The van der Waals surface area contributed by atoms with Gasteiger partial charge in [0.1, 0.15) is 6.04 Å². The second-order valence-electron chi connectivity index (χ2n) is 7.80. The third-order valence-corrected chi connectivity index (χ3v) is 5.24. The normalized spacial score (nSPS) is 19.5. The summed E-state index contributed by atoms with van der Waals surface area (Å²) in [5.41, 5.74) is 7.67. The Morgan fingerprint density at radius 2 is 2.03 bits per heavy atom. The van der Waals surface area contributed by atoms with Crippen LogP contribution in [0.15, 0.2) is 24.4 Å². The summed E-state index contributed by atoms with van der Waals surface area (Å²) in [5.74, 6) is -2.06. The molecular formula is C20H23N7O4. The van der Waals surface area contributed by atoms with Crippen molar-refractivity contribution in [1.29, 1.82) is 0 Å². The zero-order valence-corrected chi connectivity index (χ0v) is 17.0. The zero-order chi connectivity index (χ0) is 22.1. The van der Waals surface area contributed by atoms with Crippen molar-refractivity contribution in [3.63, 3.8) is 0 Å². The van der Waals surface area contributed by atoms with E-state index in [1.165, 1.54) is 0 Å². The summed E-state index contributed by atoms with van der Waals surface area (Å²) in [4.78, 5) is 50.5. The van der Waals surface area contributed by atoms with Gasteiger partial charge in [0.2, 0.25) is 11.8 Å². The van der Waals surface area contributed by atoms with Crippen LogP contribution in [0.4, 0.5) is 0 Å². The first-order valence-electron chi connectivity index (χ1n) is 10.0. The van der Waals surface area contributed by atoms with Gasteiger partial charge in [0.25, 0.3) is 11.8 Å². The quantitative estimate of drug-likeness (QED) is 0.493. The van der Waals surface area contributed by atoms with Crippen molar-refractivity contribution in [3.05, 3.63) is 46.8 Å². The van der Waals surface area contributed by atoms with E-state index in [0.717, 1.165) is 10.6 Å². The summed E-state index contributed by atoms with van der Waals surface area (Å²) in [6.07, 6.45) is 2.01. The third kappa shape index (κ3) is 4.09. The van der Waals surface area contributed by atoms with Gasteiger partial charge in [-0.25, -0.2) is 0 Å². The fourth-order valence-electron chi connectivity index (χ4n) is 3.86. The number of piperidine rings is 1. The minimum Gasteiger partial charge on any atom is -0.326 e. The first kappa shape index (κ1) is 20.8. The number of carbonyl (C=O) groups is 4. The summed E-state index contributed by atoms with van der Waals surface area (Å²) in [6.45, 7) is 3.19. The van der Waals surface area contributed by atoms with Crippen LogP contribution in [0.2, 0.25) is 0 Å². The van der Waals surface area contributed by atoms with Crippen molar-refractivity contribution in [2.45, 2.75) is 51.5 Å². The lowest BCUT2D eigenvalue weighted by Gasteiger charge is -2.27. The number of imide groups is 2. The number of aromatic nitrogens is 3. The highest BCUT2D eigenvalue weighted by Gasteiger charge is 2.45. The molecule has 2 atom stereocenters. The molecule has 2 aliphatic heterocycles. The van der Waals surface area contributed by atoms with Gasteiger partial charge in [-0.3, -0.25) is 34.1 Å². The molecule has 31 heavy (non-hydrogen) atoms. The maximum Gasteiger partial charge on any atom is 0.262 e. The molecule has 4 amide bonds. The molecule has 0 spiro atoms. The Bertz CT molecular complexity index is 1060. The molecule has 0 bridgehead atoms. The summed E-state index contributed by atoms with van der Waals surface area (Å²) < 4.78 is 1.67. The van der Waals surface area contributed by atoms with E-state index in [4.69, 9.17) is 5.73 Å². The van der Waals surface area contributed by atoms with Crippen molar-refractivity contribution in [2.24, 2.45) is 5.73 Å². The maximum atomic E-state index is 13.1. The number of hydrogen-bond donors (Lipinski definition) is 3. The fraction of sp³-hybridized carbons (Fsp3) is 0.400. The molecule has 2 aromatic rings. The van der Waals surface area contributed by atoms with Crippen molar-refractivity contribution >= 4 is 23.6 Å². The molecule has 1 aromatic heterocycles. The Balaban J connectivity index is 1.46. The van der Waals surface area contributed by atoms with Gasteiger partial charge in [-0.15, -0.1) is 5.10 Å². The van der Waals surface area contributed by atoms with Gasteiger partial charge in [0, 0.05) is 31.7 Å². The first-order valence-corrected chi connectivity index (χ1v) is 10.0. The van der Waals surface area contributed by atoms with Gasteiger partial charge in [-0.2, -0.15) is 0 Å². The number of rotatable bonds is 7. The van der Waals surface area contributed by atoms with Crippen LogP contribution in [0.25, 0.3) is 0 Å². The minimum absolute atomic E-state index is 0.0368. The molecule has 0 saturated carbocycles. The van der Waals surface area contributed by atoms with E-state index in [-0.39, 0.29) is 30.0 Å². The second kappa shape index (κ2) is 8.36. The molecule has 4 N–H and O–H groups in total. The van der Waals surface area contributed by atoms with Crippen LogP contribution in [-0.4, -0.2) is 55.6 Å². The minimum atomic E-state index is -0.981. The topological polar surface area (TPSA) is 152 Å². The van der Waals surface area contributed by atoms with E-state index in [9.17, 15) is 19.2 Å². The molecule has 11 nitrogen and oxygen atoms in total. The molecule has 1 saturated heterocycles. The average molecular weight is 425 g/mol. The van der Waals surface area contributed by atoms with Crippen LogP contribution < -0.4 is 16.4 Å². The van der Waals surface area contributed by atoms with Crippen molar-refractivity contribution in [2.75, 3.05) is 0 Å². The van der Waals surface area contributed by atoms with Crippen LogP contribution in [0.1, 0.15) is 51.7 Å². The monoisotopic (exact) mass is 425 g/mol. The van der Waals surface area contributed by atoms with Crippen LogP contribution in [0.3, 0.4) is 0 Å². The number of amides is 4. The second-order valence-corrected chi connectivity index (χ2v) is 7.80. The summed E-state index contributed by atoms with van der Waals surface area (Å²) >= 11 is 0. The van der Waals surface area contributed by atoms with Crippen LogP contribution in [-0.2, 0) is 29.2 Å². The number of fused-ring (bicyclic) bond motifs is 1. The van der Waals surface area contributed by atoms with E-state index >= 15 is 0 Å². The first-order chi connectivity index (χ1) is 14.8. The van der Waals surface area contributed by atoms with Crippen LogP contribution in [0.5, 0.6) is 0 Å². The van der Waals surface area contributed by atoms with Gasteiger partial charge in [0.15, 0.2) is 0 Å². The van der Waals surface area contributed by atoms with Gasteiger partial charge in [0.05, 0.1) is 23.4 Å². The van der Waals surface area contributed by atoms with Gasteiger partial charge in [-0.1, -0.05) is 17.3 Å². The van der Waals surface area contributed by atoms with E-state index in [0.29, 0.717) is 25.2 Å². The van der Waals surface area contributed by atoms with E-state index < -0.39 is 29.7 Å². The molecule has 1 aromatic carbocycles. The zero-order valence-electron chi connectivity index (χ0n) is 17.0. The number of nitrogens with two attached hydrogens (primary N) is 1. The van der Waals surface area contributed by atoms with Gasteiger partial charge < -0.3 is 11.1 Å². The number of nitrogens with one attached hydrogen (secondary N) is 2. The largest absolute Gasteiger partial charge is 0.326 e. The smallest absolute Gasteiger partial charge is 0.262 e. The Hall–Kier alpha value is -3.44. The summed E-state index contributed by atoms with van der Waals surface area (Å²) in [7, 11) is 0. The Morgan fingerprint density at radius 1 is 1.23 bits per heavy atom. The summed E-state index contributed by atoms with van der Waals surface area (Å²) in [6, 6.07) is 4.02. The highest BCUT2D eigenvalue weighted by Crippen LogP contribution is 2.29. The Labute approximate surface area is 177 Å². The van der Waals surface area contributed by atoms with Crippen LogP contribution in [0, 0.1) is 0 Å². The lowest BCUT2D eigenvalue weighted by atomic mass is 10.0. The molecule has 11 heteroatoms. The van der Waals surface area contributed by atoms with E-state index in [1.54, 1.807) is 29.1 Å². The summed E-state index contributed by atoms with van der Waals surface area (Å²) in [5, 5.41) is 13.5. The highest BCUT2D eigenvalue weighted by atomic mass is 16.2. The Morgan fingerprint density at radius 3 is 2.77 bits per heavy atom. The lowest BCUT2D eigenvalue weighted by Crippen LogP contribution is -2.54. The number of carbonyl (C=O) groups excluding carboxylic acids is 4. The molecular weight excluding hydrogens is 402 g/mol. The molecule has 4 rings (SSSR count). The molecule has 162 valence electrons. The van der Waals surface area contributed by atoms with E-state index in [2.05, 4.69) is 20.9 Å². The standard InChI is InChI=1S/C20H23N7O4/c1-11(21)9-26-10-13(24-25-26)8-22-7-12-3-2-4-14-17(12)20(31)27(19(14)30)15-5-6-16(28)23-18(15)29/h2-4,10-11,15,22H,5-9,21H2,1H3,(H,23,28,29)/t11-,15?/m0/s1. The SMILES string of the molecule is C[C@H](N)Cn1cc(CNCc2cccc3c2C(=O)N(C2CCC(=O)NC2=O)C3=O)nn1. The number of benzene rings is 1. The van der Waals surface area contributed by atoms with Crippen LogP contribution >= 0.6 is 0 Å². The molecule has 0 radical (unpaired) electrons. The fourth-order valence-corrected chi connectivity index (χ4v) is 3.86. The highest BCUT2D eigenvalue weighted by molar-refractivity contribution is 6.24. The molecule has 2 aliphatic rings. The van der Waals surface area contributed by atoms with Crippen molar-refractivity contribution in [1.82, 2.24) is 30.5 Å². The molecule has 0 aliphatic carbocycles. The predicted octanol–water partition coefficient (Wildman–Crippen LogP) is -0.684. The number of nitrogens with zero attached hydrogens (tertiary/aromatic N) is 4. The van der Waals surface area contributed by atoms with Gasteiger partial charge in [-0.05, 0) is 25.0 Å². The third-order valence-electron chi connectivity index (χ3n) is 5.24. The predicted molar refractivity (Wildman–Crippen MR) is 107 cm³/mol. The van der Waals surface area contributed by atoms with Crippen molar-refractivity contribution in [3.8, 4) is 0 Å². The maximum absolute atomic E-state index is 13.1. The van der Waals surface area contributed by atoms with Crippen molar-refractivity contribution < 1.29 is 19.2 Å². The van der Waals surface area contributed by atoms with Gasteiger partial charge >= 0.3 is 0 Å². The lowest BCUT2D eigenvalue weighted by molar-refractivity contribution is -0.136. The Kier molecular flexibility index (Phi) is 5.61. The molecule has 1 fully saturated rings. The number of hydrogen-bond acceptors (Lipinski definition) is 8. The van der Waals surface area contributed by atoms with E-state index in [1.807, 2.05) is 6.92 Å². The molecule has 1 unspecified atom stereocenters. The molecule has 3 heterocycles. The average Bonchev–Trinajstić information content (AvgIpc) is 3.25.